The molecular formula is C23H27BrN4O. The first kappa shape index (κ1) is 20.5. The summed E-state index contributed by atoms with van der Waals surface area (Å²) < 4.78 is 7.07. The summed E-state index contributed by atoms with van der Waals surface area (Å²) in [6.07, 6.45) is 11.7. The number of halogens is 1. The van der Waals surface area contributed by atoms with E-state index in [1.807, 2.05) is 18.3 Å². The lowest BCUT2D eigenvalue weighted by atomic mass is 9.68. The summed E-state index contributed by atoms with van der Waals surface area (Å²) in [6, 6.07) is 10.3. The van der Waals surface area contributed by atoms with Gasteiger partial charge in [-0.1, -0.05) is 18.9 Å². The molecule has 2 aromatic heterocycles. The zero-order chi connectivity index (χ0) is 20.2. The van der Waals surface area contributed by atoms with Crippen LogP contribution in [0.2, 0.25) is 0 Å². The van der Waals surface area contributed by atoms with Gasteiger partial charge in [-0.25, -0.2) is 4.98 Å². The largest absolute Gasteiger partial charge is 0.375 e. The van der Waals surface area contributed by atoms with Gasteiger partial charge in [0.1, 0.15) is 6.07 Å². The van der Waals surface area contributed by atoms with Gasteiger partial charge in [0.2, 0.25) is 0 Å². The fourth-order valence-electron chi connectivity index (χ4n) is 5.01. The average Bonchev–Trinajstić information content (AvgIpc) is 3.19. The van der Waals surface area contributed by atoms with Crippen LogP contribution in [0.1, 0.15) is 61.9 Å². The Morgan fingerprint density at radius 2 is 2.07 bits per heavy atom. The lowest BCUT2D eigenvalue weighted by Gasteiger charge is -2.46. The third-order valence-corrected chi connectivity index (χ3v) is 7.09. The van der Waals surface area contributed by atoms with Crippen molar-refractivity contribution >= 4 is 15.9 Å². The second-order valence-corrected chi connectivity index (χ2v) is 9.23. The van der Waals surface area contributed by atoms with E-state index in [0.29, 0.717) is 5.69 Å². The van der Waals surface area contributed by atoms with Crippen molar-refractivity contribution in [2.24, 2.45) is 0 Å². The fraction of sp³-hybridized carbons (Fsp3) is 0.522. The van der Waals surface area contributed by atoms with Crippen molar-refractivity contribution in [2.45, 2.75) is 62.5 Å². The lowest BCUT2D eigenvalue weighted by molar-refractivity contribution is -0.104. The summed E-state index contributed by atoms with van der Waals surface area (Å²) in [4.78, 5) is 8.97. The number of rotatable bonds is 6. The van der Waals surface area contributed by atoms with E-state index in [4.69, 9.17) is 15.0 Å². The van der Waals surface area contributed by atoms with Crippen LogP contribution < -0.4 is 5.32 Å². The second-order valence-electron chi connectivity index (χ2n) is 8.37. The first-order chi connectivity index (χ1) is 14.1. The maximum absolute atomic E-state index is 9.02. The zero-order valence-electron chi connectivity index (χ0n) is 16.7. The molecule has 0 aromatic carbocycles. The summed E-state index contributed by atoms with van der Waals surface area (Å²) in [7, 11) is 0. The van der Waals surface area contributed by atoms with Gasteiger partial charge in [0.15, 0.2) is 5.69 Å². The molecule has 1 N–H and O–H groups in total. The molecule has 2 aliphatic rings. The van der Waals surface area contributed by atoms with E-state index in [0.717, 1.165) is 49.0 Å². The SMILES string of the molecule is N#Cc1ncc(CNCC[C@@]2(c3ccccn3)CCOC3(CCCC3)C2)cc1Br. The molecule has 1 aliphatic carbocycles. The highest BCUT2D eigenvalue weighted by Gasteiger charge is 2.48. The Bertz CT molecular complexity index is 876. The molecule has 3 heterocycles. The molecule has 152 valence electrons. The van der Waals surface area contributed by atoms with Crippen molar-refractivity contribution in [2.75, 3.05) is 13.2 Å². The van der Waals surface area contributed by atoms with Crippen molar-refractivity contribution in [3.8, 4) is 6.07 Å². The number of hydrogen-bond donors (Lipinski definition) is 1. The van der Waals surface area contributed by atoms with Gasteiger partial charge in [0.05, 0.1) is 10.1 Å². The van der Waals surface area contributed by atoms with E-state index in [-0.39, 0.29) is 11.0 Å². The van der Waals surface area contributed by atoms with Crippen molar-refractivity contribution in [1.82, 2.24) is 15.3 Å². The molecule has 29 heavy (non-hydrogen) atoms. The molecular weight excluding hydrogens is 428 g/mol. The highest BCUT2D eigenvalue weighted by molar-refractivity contribution is 9.10. The Balaban J connectivity index is 1.44. The van der Waals surface area contributed by atoms with Gasteiger partial charge >= 0.3 is 0 Å². The van der Waals surface area contributed by atoms with Gasteiger partial charge < -0.3 is 10.1 Å². The van der Waals surface area contributed by atoms with Gasteiger partial charge in [0, 0.05) is 36.7 Å². The molecule has 2 fully saturated rings. The van der Waals surface area contributed by atoms with Gasteiger partial charge in [-0.3, -0.25) is 4.98 Å². The van der Waals surface area contributed by atoms with Gasteiger partial charge in [-0.05, 0) is 78.3 Å². The topological polar surface area (TPSA) is 70.8 Å². The van der Waals surface area contributed by atoms with Crippen LogP contribution in [0.5, 0.6) is 0 Å². The minimum atomic E-state index is 0.0533. The van der Waals surface area contributed by atoms with Crippen molar-refractivity contribution in [3.63, 3.8) is 0 Å². The molecule has 0 unspecified atom stereocenters. The van der Waals surface area contributed by atoms with E-state index in [2.05, 4.69) is 44.4 Å². The Hall–Kier alpha value is -1.81. The molecule has 1 spiro atoms. The van der Waals surface area contributed by atoms with E-state index < -0.39 is 0 Å². The zero-order valence-corrected chi connectivity index (χ0v) is 18.2. The number of nitrogens with one attached hydrogen (secondary N) is 1. The van der Waals surface area contributed by atoms with Crippen molar-refractivity contribution in [3.05, 3.63) is 58.1 Å². The minimum Gasteiger partial charge on any atom is -0.375 e. The molecule has 1 saturated heterocycles. The molecule has 0 radical (unpaired) electrons. The summed E-state index contributed by atoms with van der Waals surface area (Å²) in [5.74, 6) is 0. The molecule has 1 atom stereocenters. The average molecular weight is 455 g/mol. The van der Waals surface area contributed by atoms with Gasteiger partial charge in [0.25, 0.3) is 0 Å². The van der Waals surface area contributed by atoms with Crippen LogP contribution >= 0.6 is 15.9 Å². The van der Waals surface area contributed by atoms with Gasteiger partial charge in [-0.15, -0.1) is 0 Å². The van der Waals surface area contributed by atoms with Crippen LogP contribution in [0.4, 0.5) is 0 Å². The van der Waals surface area contributed by atoms with Crippen LogP contribution in [-0.4, -0.2) is 28.7 Å². The van der Waals surface area contributed by atoms with Crippen LogP contribution in [0.3, 0.4) is 0 Å². The van der Waals surface area contributed by atoms with Crippen molar-refractivity contribution < 1.29 is 4.74 Å². The highest BCUT2D eigenvalue weighted by Crippen LogP contribution is 2.49. The number of pyridine rings is 2. The number of ether oxygens (including phenoxy) is 1. The predicted molar refractivity (Wildman–Crippen MR) is 115 cm³/mol. The molecule has 0 bridgehead atoms. The molecule has 0 amide bonds. The third-order valence-electron chi connectivity index (χ3n) is 6.49. The summed E-state index contributed by atoms with van der Waals surface area (Å²) in [5.41, 5.74) is 2.82. The lowest BCUT2D eigenvalue weighted by Crippen LogP contribution is -2.47. The summed E-state index contributed by atoms with van der Waals surface area (Å²) in [6.45, 7) is 2.46. The number of hydrogen-bond acceptors (Lipinski definition) is 5. The van der Waals surface area contributed by atoms with Gasteiger partial charge in [-0.2, -0.15) is 5.26 Å². The number of aromatic nitrogens is 2. The highest BCUT2D eigenvalue weighted by atomic mass is 79.9. The number of nitriles is 1. The molecule has 2 aromatic rings. The van der Waals surface area contributed by atoms with Crippen LogP contribution in [0.15, 0.2) is 41.1 Å². The smallest absolute Gasteiger partial charge is 0.154 e. The Morgan fingerprint density at radius 1 is 1.21 bits per heavy atom. The number of nitrogens with zero attached hydrogens (tertiary/aromatic N) is 3. The van der Waals surface area contributed by atoms with Crippen LogP contribution in [0, 0.1) is 11.3 Å². The second kappa shape index (κ2) is 8.91. The predicted octanol–water partition coefficient (Wildman–Crippen LogP) is 4.65. The molecule has 5 nitrogen and oxygen atoms in total. The monoisotopic (exact) mass is 454 g/mol. The Kier molecular flexibility index (Phi) is 6.29. The first-order valence-corrected chi connectivity index (χ1v) is 11.2. The summed E-state index contributed by atoms with van der Waals surface area (Å²) >= 11 is 3.42. The van der Waals surface area contributed by atoms with E-state index in [1.54, 1.807) is 6.20 Å². The van der Waals surface area contributed by atoms with Crippen molar-refractivity contribution in [1.29, 1.82) is 5.26 Å². The standard InChI is InChI=1S/C23H27BrN4O/c24-19-13-18(16-28-20(19)14-25)15-26-11-8-22(21-5-1-4-10-27-21)9-12-29-23(17-22)6-2-3-7-23/h1,4-5,10,13,16,26H,2-3,6-9,11-12,15,17H2/t22-/m1/s1. The Morgan fingerprint density at radius 3 is 2.79 bits per heavy atom. The quantitative estimate of drug-likeness (QED) is 0.642. The minimum absolute atomic E-state index is 0.0533. The maximum atomic E-state index is 9.02. The van der Waals surface area contributed by atoms with E-state index >= 15 is 0 Å². The molecule has 1 saturated carbocycles. The molecule has 6 heteroatoms. The first-order valence-electron chi connectivity index (χ1n) is 10.5. The third kappa shape index (κ3) is 4.53. The molecule has 1 aliphatic heterocycles. The van der Waals surface area contributed by atoms with Crippen LogP contribution in [-0.2, 0) is 16.7 Å². The van der Waals surface area contributed by atoms with E-state index in [9.17, 15) is 0 Å². The normalized spacial score (nSPS) is 23.2. The Labute approximate surface area is 181 Å². The summed E-state index contributed by atoms with van der Waals surface area (Å²) in [5, 5.41) is 12.6. The fourth-order valence-corrected chi connectivity index (χ4v) is 5.50. The van der Waals surface area contributed by atoms with E-state index in [1.165, 1.54) is 31.4 Å². The maximum Gasteiger partial charge on any atom is 0.154 e. The molecule has 4 rings (SSSR count). The van der Waals surface area contributed by atoms with Crippen LogP contribution in [0.25, 0.3) is 0 Å².